The Morgan fingerprint density at radius 2 is 1.89 bits per heavy atom. The number of rotatable bonds is 6. The van der Waals surface area contributed by atoms with Gasteiger partial charge in [-0.3, -0.25) is 0 Å². The van der Waals surface area contributed by atoms with Crippen LogP contribution in [0.25, 0.3) is 5.65 Å². The summed E-state index contributed by atoms with van der Waals surface area (Å²) in [5.41, 5.74) is 4.33. The summed E-state index contributed by atoms with van der Waals surface area (Å²) in [5, 5.41) is 9.55. The predicted molar refractivity (Wildman–Crippen MR) is 111 cm³/mol. The van der Waals surface area contributed by atoms with Crippen molar-refractivity contribution in [2.24, 2.45) is 7.05 Å². The summed E-state index contributed by atoms with van der Waals surface area (Å²) in [6.07, 6.45) is 3.86. The largest absolute Gasteiger partial charge is 0.483 e. The van der Waals surface area contributed by atoms with Crippen LogP contribution in [0, 0.1) is 13.8 Å². The van der Waals surface area contributed by atoms with Gasteiger partial charge in [0.15, 0.2) is 17.1 Å². The van der Waals surface area contributed by atoms with Crippen LogP contribution in [0.15, 0.2) is 53.9 Å². The molecule has 4 rings (SSSR count). The zero-order chi connectivity index (χ0) is 19.7. The number of nitrogens with zero attached hydrogens (tertiary/aromatic N) is 5. The van der Waals surface area contributed by atoms with Crippen LogP contribution < -0.4 is 4.74 Å². The number of hydrogen-bond donors (Lipinski definition) is 0. The highest BCUT2D eigenvalue weighted by Crippen LogP contribution is 2.26. The van der Waals surface area contributed by atoms with E-state index >= 15 is 0 Å². The van der Waals surface area contributed by atoms with E-state index in [2.05, 4.69) is 35.1 Å². The molecule has 7 heteroatoms. The standard InChI is InChI=1S/C21H23N5OS/c1-14-9-15(2)11-18(10-14)27-16(3)20-23-24-21(25(20)4)28-13-17-12-26-8-6-5-7-19(26)22-17/h5-12,16H,13H2,1-4H3. The lowest BCUT2D eigenvalue weighted by atomic mass is 10.1. The number of aromatic nitrogens is 5. The van der Waals surface area contributed by atoms with E-state index in [1.165, 1.54) is 11.1 Å². The van der Waals surface area contributed by atoms with Gasteiger partial charge in [-0.05, 0) is 56.2 Å². The summed E-state index contributed by atoms with van der Waals surface area (Å²) in [6, 6.07) is 12.2. The first kappa shape index (κ1) is 18.6. The van der Waals surface area contributed by atoms with Crippen LogP contribution in [0.1, 0.15) is 35.7 Å². The Balaban J connectivity index is 1.45. The molecule has 1 aromatic carbocycles. The molecule has 1 atom stereocenters. The summed E-state index contributed by atoms with van der Waals surface area (Å²) in [6.45, 7) is 6.14. The van der Waals surface area contributed by atoms with Gasteiger partial charge in [-0.1, -0.05) is 23.9 Å². The number of benzene rings is 1. The van der Waals surface area contributed by atoms with Crippen LogP contribution in [0.5, 0.6) is 5.75 Å². The highest BCUT2D eigenvalue weighted by molar-refractivity contribution is 7.98. The fourth-order valence-corrected chi connectivity index (χ4v) is 4.06. The molecule has 0 bridgehead atoms. The van der Waals surface area contributed by atoms with E-state index in [1.807, 2.05) is 65.7 Å². The average Bonchev–Trinajstić information content (AvgIpc) is 3.22. The maximum atomic E-state index is 6.11. The zero-order valence-electron chi connectivity index (χ0n) is 16.5. The van der Waals surface area contributed by atoms with E-state index < -0.39 is 0 Å². The third-order valence-corrected chi connectivity index (χ3v) is 5.56. The SMILES string of the molecule is Cc1cc(C)cc(OC(C)c2nnc(SCc3cn4ccccc4n3)n2C)c1. The second-order valence-corrected chi connectivity index (χ2v) is 7.91. The van der Waals surface area contributed by atoms with Crippen molar-refractivity contribution >= 4 is 17.4 Å². The highest BCUT2D eigenvalue weighted by atomic mass is 32.2. The fraction of sp³-hybridized carbons (Fsp3) is 0.286. The van der Waals surface area contributed by atoms with Gasteiger partial charge in [-0.25, -0.2) is 4.98 Å². The number of ether oxygens (including phenoxy) is 1. The first-order chi connectivity index (χ1) is 13.5. The monoisotopic (exact) mass is 393 g/mol. The van der Waals surface area contributed by atoms with E-state index in [0.29, 0.717) is 0 Å². The third kappa shape index (κ3) is 3.89. The Bertz CT molecular complexity index is 1060. The van der Waals surface area contributed by atoms with Crippen LogP contribution in [0.4, 0.5) is 0 Å². The number of hydrogen-bond acceptors (Lipinski definition) is 5. The van der Waals surface area contributed by atoms with Gasteiger partial charge in [-0.2, -0.15) is 0 Å². The normalized spacial score (nSPS) is 12.4. The molecule has 0 N–H and O–H groups in total. The van der Waals surface area contributed by atoms with Crippen molar-refractivity contribution in [3.05, 3.63) is 71.4 Å². The van der Waals surface area contributed by atoms with Crippen molar-refractivity contribution in [3.63, 3.8) is 0 Å². The average molecular weight is 394 g/mol. The topological polar surface area (TPSA) is 57.2 Å². The Kier molecular flexibility index (Phi) is 5.09. The lowest BCUT2D eigenvalue weighted by molar-refractivity contribution is 0.211. The minimum Gasteiger partial charge on any atom is -0.483 e. The predicted octanol–water partition coefficient (Wildman–Crippen LogP) is 4.51. The van der Waals surface area contributed by atoms with E-state index in [4.69, 9.17) is 4.74 Å². The van der Waals surface area contributed by atoms with Crippen LogP contribution in [0.3, 0.4) is 0 Å². The summed E-state index contributed by atoms with van der Waals surface area (Å²) in [5.74, 6) is 2.39. The van der Waals surface area contributed by atoms with E-state index in [1.54, 1.807) is 11.8 Å². The second kappa shape index (κ2) is 7.67. The highest BCUT2D eigenvalue weighted by Gasteiger charge is 2.18. The van der Waals surface area contributed by atoms with Gasteiger partial charge in [0.1, 0.15) is 11.4 Å². The Hall–Kier alpha value is -2.80. The zero-order valence-corrected chi connectivity index (χ0v) is 17.3. The number of thioether (sulfide) groups is 1. The second-order valence-electron chi connectivity index (χ2n) is 6.97. The van der Waals surface area contributed by atoms with Crippen LogP contribution in [-0.2, 0) is 12.8 Å². The van der Waals surface area contributed by atoms with Gasteiger partial charge in [0.2, 0.25) is 0 Å². The molecule has 0 aliphatic rings. The lowest BCUT2D eigenvalue weighted by Crippen LogP contribution is -2.10. The molecule has 144 valence electrons. The molecule has 0 aliphatic carbocycles. The quantitative estimate of drug-likeness (QED) is 0.451. The first-order valence-electron chi connectivity index (χ1n) is 9.19. The van der Waals surface area contributed by atoms with Crippen molar-refractivity contribution in [1.82, 2.24) is 24.1 Å². The minimum atomic E-state index is -0.191. The van der Waals surface area contributed by atoms with Gasteiger partial charge < -0.3 is 13.7 Å². The third-order valence-electron chi connectivity index (χ3n) is 4.50. The maximum Gasteiger partial charge on any atom is 0.191 e. The van der Waals surface area contributed by atoms with E-state index in [9.17, 15) is 0 Å². The van der Waals surface area contributed by atoms with Gasteiger partial charge in [0, 0.05) is 25.2 Å². The van der Waals surface area contributed by atoms with Gasteiger partial charge in [0.25, 0.3) is 0 Å². The molecule has 0 saturated carbocycles. The number of pyridine rings is 1. The lowest BCUT2D eigenvalue weighted by Gasteiger charge is -2.15. The summed E-state index contributed by atoms with van der Waals surface area (Å²) in [4.78, 5) is 4.63. The first-order valence-corrected chi connectivity index (χ1v) is 10.2. The fourth-order valence-electron chi connectivity index (χ4n) is 3.26. The number of imidazole rings is 1. The van der Waals surface area contributed by atoms with Crippen molar-refractivity contribution in [2.75, 3.05) is 0 Å². The van der Waals surface area contributed by atoms with Crippen molar-refractivity contribution in [1.29, 1.82) is 0 Å². The van der Waals surface area contributed by atoms with Gasteiger partial charge in [-0.15, -0.1) is 10.2 Å². The molecule has 4 aromatic rings. The number of aryl methyl sites for hydroxylation is 2. The number of fused-ring (bicyclic) bond motifs is 1. The van der Waals surface area contributed by atoms with Crippen molar-refractivity contribution < 1.29 is 4.74 Å². The molecule has 28 heavy (non-hydrogen) atoms. The van der Waals surface area contributed by atoms with Crippen LogP contribution >= 0.6 is 11.8 Å². The molecular weight excluding hydrogens is 370 g/mol. The molecule has 0 fully saturated rings. The van der Waals surface area contributed by atoms with E-state index in [0.717, 1.165) is 33.8 Å². The molecule has 1 unspecified atom stereocenters. The smallest absolute Gasteiger partial charge is 0.191 e. The van der Waals surface area contributed by atoms with Crippen molar-refractivity contribution in [3.8, 4) is 5.75 Å². The van der Waals surface area contributed by atoms with Gasteiger partial charge >= 0.3 is 0 Å². The molecule has 3 aromatic heterocycles. The Morgan fingerprint density at radius 1 is 1.11 bits per heavy atom. The molecule has 0 aliphatic heterocycles. The Labute approximate surface area is 168 Å². The molecule has 0 saturated heterocycles. The molecular formula is C21H23N5OS. The van der Waals surface area contributed by atoms with Gasteiger partial charge in [0.05, 0.1) is 5.69 Å². The molecule has 0 amide bonds. The van der Waals surface area contributed by atoms with E-state index in [-0.39, 0.29) is 6.10 Å². The molecule has 6 nitrogen and oxygen atoms in total. The maximum absolute atomic E-state index is 6.11. The summed E-state index contributed by atoms with van der Waals surface area (Å²) in [7, 11) is 1.97. The minimum absolute atomic E-state index is 0.191. The summed E-state index contributed by atoms with van der Waals surface area (Å²) >= 11 is 1.62. The summed E-state index contributed by atoms with van der Waals surface area (Å²) < 4.78 is 10.1. The van der Waals surface area contributed by atoms with Crippen LogP contribution in [-0.4, -0.2) is 24.1 Å². The molecule has 3 heterocycles. The Morgan fingerprint density at radius 3 is 2.64 bits per heavy atom. The molecule has 0 radical (unpaired) electrons. The molecule has 0 spiro atoms. The van der Waals surface area contributed by atoms with Crippen LogP contribution in [0.2, 0.25) is 0 Å². The van der Waals surface area contributed by atoms with Crippen molar-refractivity contribution in [2.45, 2.75) is 37.8 Å².